The van der Waals surface area contributed by atoms with E-state index in [9.17, 15) is 4.79 Å². The highest BCUT2D eigenvalue weighted by molar-refractivity contribution is 5.48. The van der Waals surface area contributed by atoms with E-state index in [2.05, 4.69) is 36.1 Å². The lowest BCUT2D eigenvalue weighted by Gasteiger charge is -2.18. The Balaban J connectivity index is 2.74. The highest BCUT2D eigenvalue weighted by Crippen LogP contribution is 2.18. The summed E-state index contributed by atoms with van der Waals surface area (Å²) in [5.41, 5.74) is -0.263. The molecule has 0 aliphatic rings. The van der Waals surface area contributed by atoms with E-state index in [1.54, 1.807) is 0 Å². The third kappa shape index (κ3) is 3.76. The van der Waals surface area contributed by atoms with E-state index in [4.69, 9.17) is 4.74 Å². The van der Waals surface area contributed by atoms with Gasteiger partial charge in [-0.2, -0.15) is 0 Å². The Kier molecular flexibility index (Phi) is 5.00. The zero-order valence-corrected chi connectivity index (χ0v) is 10.9. The van der Waals surface area contributed by atoms with Gasteiger partial charge in [-0.3, -0.25) is 4.79 Å². The van der Waals surface area contributed by atoms with Crippen molar-refractivity contribution in [3.8, 4) is 5.75 Å². The van der Waals surface area contributed by atoms with Crippen molar-refractivity contribution >= 4 is 5.82 Å². The molecule has 2 atom stereocenters. The number of aromatic nitrogens is 2. The largest absolute Gasteiger partial charge is 0.489 e. The van der Waals surface area contributed by atoms with Crippen molar-refractivity contribution in [3.05, 3.63) is 16.7 Å². The van der Waals surface area contributed by atoms with Crippen molar-refractivity contribution in [2.75, 3.05) is 12.4 Å². The number of rotatable bonds is 6. The molecule has 1 rings (SSSR count). The molecule has 5 heteroatoms. The van der Waals surface area contributed by atoms with E-state index in [-0.39, 0.29) is 17.4 Å². The molecule has 0 aromatic carbocycles. The van der Waals surface area contributed by atoms with Gasteiger partial charge in [0.25, 0.3) is 5.56 Å². The van der Waals surface area contributed by atoms with Crippen LogP contribution in [0, 0.1) is 5.92 Å². The Morgan fingerprint density at radius 2 is 2.24 bits per heavy atom. The summed E-state index contributed by atoms with van der Waals surface area (Å²) in [6.45, 7) is 6.46. The number of anilines is 1. The van der Waals surface area contributed by atoms with Crippen LogP contribution >= 0.6 is 0 Å². The Bertz CT molecular complexity index is 403. The molecule has 0 fully saturated rings. The molecule has 0 saturated carbocycles. The first-order valence-electron chi connectivity index (χ1n) is 5.96. The Morgan fingerprint density at radius 1 is 1.53 bits per heavy atom. The second kappa shape index (κ2) is 6.27. The molecule has 0 radical (unpaired) electrons. The summed E-state index contributed by atoms with van der Waals surface area (Å²) in [7, 11) is 1.47. The summed E-state index contributed by atoms with van der Waals surface area (Å²) in [4.78, 5) is 18.0. The van der Waals surface area contributed by atoms with E-state index < -0.39 is 0 Å². The van der Waals surface area contributed by atoms with E-state index in [0.29, 0.717) is 11.7 Å². The van der Waals surface area contributed by atoms with Gasteiger partial charge in [0.05, 0.1) is 13.4 Å². The number of hydrogen-bond donors (Lipinski definition) is 2. The van der Waals surface area contributed by atoms with Crippen LogP contribution in [-0.4, -0.2) is 23.1 Å². The molecular weight excluding hydrogens is 218 g/mol. The molecule has 0 bridgehead atoms. The van der Waals surface area contributed by atoms with Crippen LogP contribution in [0.15, 0.2) is 11.1 Å². The van der Waals surface area contributed by atoms with Crippen LogP contribution in [0.2, 0.25) is 0 Å². The summed E-state index contributed by atoms with van der Waals surface area (Å²) in [6.07, 6.45) is 3.56. The highest BCUT2D eigenvalue weighted by atomic mass is 16.5. The Hall–Kier alpha value is -1.52. The molecule has 0 amide bonds. The topological polar surface area (TPSA) is 67.0 Å². The molecule has 96 valence electrons. The lowest BCUT2D eigenvalue weighted by molar-refractivity contribution is 0.406. The van der Waals surface area contributed by atoms with Crippen LogP contribution < -0.4 is 15.6 Å². The number of methoxy groups -OCH3 is 1. The number of H-pyrrole nitrogens is 1. The molecule has 0 saturated heterocycles. The second-order valence-electron chi connectivity index (χ2n) is 4.41. The molecular formula is C12H21N3O2. The Labute approximate surface area is 102 Å². The van der Waals surface area contributed by atoms with Crippen LogP contribution in [-0.2, 0) is 0 Å². The minimum absolute atomic E-state index is 0.239. The quantitative estimate of drug-likeness (QED) is 0.797. The third-order valence-corrected chi connectivity index (χ3v) is 2.85. The number of ether oxygens (including phenoxy) is 1. The SMILES string of the molecule is CCC(C)CC(C)Nc1nc[nH]c(=O)c1OC. The van der Waals surface area contributed by atoms with Gasteiger partial charge >= 0.3 is 0 Å². The average molecular weight is 239 g/mol. The lowest BCUT2D eigenvalue weighted by Crippen LogP contribution is -2.22. The Morgan fingerprint density at radius 3 is 2.82 bits per heavy atom. The lowest BCUT2D eigenvalue weighted by atomic mass is 10.0. The molecule has 0 spiro atoms. The maximum atomic E-state index is 11.5. The normalized spacial score (nSPS) is 14.1. The van der Waals surface area contributed by atoms with Crippen LogP contribution in [0.1, 0.15) is 33.6 Å². The van der Waals surface area contributed by atoms with Crippen LogP contribution in [0.5, 0.6) is 5.75 Å². The number of nitrogens with zero attached hydrogens (tertiary/aromatic N) is 1. The first-order valence-corrected chi connectivity index (χ1v) is 5.96. The molecule has 17 heavy (non-hydrogen) atoms. The van der Waals surface area contributed by atoms with Crippen molar-refractivity contribution < 1.29 is 4.74 Å². The summed E-state index contributed by atoms with van der Waals surface area (Å²) in [5, 5.41) is 3.21. The van der Waals surface area contributed by atoms with Crippen LogP contribution in [0.25, 0.3) is 0 Å². The van der Waals surface area contributed by atoms with Crippen molar-refractivity contribution in [1.29, 1.82) is 0 Å². The predicted octanol–water partition coefficient (Wildman–Crippen LogP) is 2.02. The highest BCUT2D eigenvalue weighted by Gasteiger charge is 2.13. The zero-order chi connectivity index (χ0) is 12.8. The van der Waals surface area contributed by atoms with Crippen molar-refractivity contribution in [1.82, 2.24) is 9.97 Å². The van der Waals surface area contributed by atoms with Gasteiger partial charge in [0, 0.05) is 6.04 Å². The van der Waals surface area contributed by atoms with Crippen LogP contribution in [0.4, 0.5) is 5.82 Å². The fourth-order valence-corrected chi connectivity index (χ4v) is 1.74. The van der Waals surface area contributed by atoms with Crippen molar-refractivity contribution in [2.24, 2.45) is 5.92 Å². The van der Waals surface area contributed by atoms with Gasteiger partial charge in [0.1, 0.15) is 0 Å². The summed E-state index contributed by atoms with van der Waals surface area (Å²) >= 11 is 0. The van der Waals surface area contributed by atoms with Crippen molar-refractivity contribution in [3.63, 3.8) is 0 Å². The van der Waals surface area contributed by atoms with Gasteiger partial charge in [0.15, 0.2) is 5.82 Å². The first kappa shape index (κ1) is 13.5. The average Bonchev–Trinajstić information content (AvgIpc) is 2.29. The van der Waals surface area contributed by atoms with E-state index in [0.717, 1.165) is 12.8 Å². The first-order chi connectivity index (χ1) is 8.08. The molecule has 5 nitrogen and oxygen atoms in total. The minimum Gasteiger partial charge on any atom is -0.489 e. The minimum atomic E-state index is -0.263. The molecule has 1 aromatic heterocycles. The number of aromatic amines is 1. The van der Waals surface area contributed by atoms with Gasteiger partial charge in [-0.05, 0) is 19.3 Å². The summed E-state index contributed by atoms with van der Waals surface area (Å²) in [6, 6.07) is 0.258. The maximum absolute atomic E-state index is 11.5. The third-order valence-electron chi connectivity index (χ3n) is 2.85. The molecule has 2 N–H and O–H groups in total. The monoisotopic (exact) mass is 239 g/mol. The predicted molar refractivity (Wildman–Crippen MR) is 68.6 cm³/mol. The van der Waals surface area contributed by atoms with E-state index in [1.807, 2.05) is 0 Å². The number of nitrogens with one attached hydrogen (secondary N) is 2. The fraction of sp³-hybridized carbons (Fsp3) is 0.667. The van der Waals surface area contributed by atoms with Gasteiger partial charge in [-0.1, -0.05) is 20.3 Å². The molecule has 1 heterocycles. The standard InChI is InChI=1S/C12H21N3O2/c1-5-8(2)6-9(3)15-11-10(17-4)12(16)14-7-13-11/h7-9H,5-6H2,1-4H3,(H2,13,14,15,16). The molecule has 0 aliphatic heterocycles. The zero-order valence-electron chi connectivity index (χ0n) is 10.9. The smallest absolute Gasteiger partial charge is 0.295 e. The van der Waals surface area contributed by atoms with Crippen LogP contribution in [0.3, 0.4) is 0 Å². The molecule has 0 aliphatic carbocycles. The maximum Gasteiger partial charge on any atom is 0.295 e. The van der Waals surface area contributed by atoms with E-state index in [1.165, 1.54) is 13.4 Å². The van der Waals surface area contributed by atoms with Gasteiger partial charge < -0.3 is 15.0 Å². The van der Waals surface area contributed by atoms with Gasteiger partial charge in [-0.25, -0.2) is 4.98 Å². The fourth-order valence-electron chi connectivity index (χ4n) is 1.74. The van der Waals surface area contributed by atoms with Crippen molar-refractivity contribution in [2.45, 2.75) is 39.7 Å². The molecule has 2 unspecified atom stereocenters. The molecule has 1 aromatic rings. The number of hydrogen-bond acceptors (Lipinski definition) is 4. The van der Waals surface area contributed by atoms with Gasteiger partial charge in [-0.15, -0.1) is 0 Å². The summed E-state index contributed by atoms with van der Waals surface area (Å²) < 4.78 is 5.04. The second-order valence-corrected chi connectivity index (χ2v) is 4.41. The van der Waals surface area contributed by atoms with Gasteiger partial charge in [0.2, 0.25) is 5.75 Å². The van der Waals surface area contributed by atoms with E-state index >= 15 is 0 Å². The summed E-state index contributed by atoms with van der Waals surface area (Å²) in [5.74, 6) is 1.39.